The summed E-state index contributed by atoms with van der Waals surface area (Å²) < 4.78 is 5.25. The molecule has 1 aromatic rings. The molecule has 1 saturated heterocycles. The zero-order chi connectivity index (χ0) is 17.0. The number of nitrogens with one attached hydrogen (secondary N) is 1. The van der Waals surface area contributed by atoms with E-state index in [0.29, 0.717) is 5.41 Å². The molecule has 0 bridgehead atoms. The third-order valence-corrected chi connectivity index (χ3v) is 5.79. The highest BCUT2D eigenvalue weighted by molar-refractivity contribution is 14.0. The summed E-state index contributed by atoms with van der Waals surface area (Å²) in [6.07, 6.45) is 9.29. The van der Waals surface area contributed by atoms with Crippen molar-refractivity contribution in [3.05, 3.63) is 17.0 Å². The molecule has 0 aromatic carbocycles. The van der Waals surface area contributed by atoms with Crippen LogP contribution in [0.2, 0.25) is 0 Å². The normalized spacial score (nSPS) is 20.0. The van der Waals surface area contributed by atoms with Gasteiger partial charge in [-0.25, -0.2) is 0 Å². The zero-order valence-electron chi connectivity index (χ0n) is 15.9. The number of hydrogen-bond acceptors (Lipinski definition) is 3. The van der Waals surface area contributed by atoms with Gasteiger partial charge in [-0.15, -0.1) is 24.0 Å². The van der Waals surface area contributed by atoms with Crippen LogP contribution in [0.5, 0.6) is 0 Å². The summed E-state index contributed by atoms with van der Waals surface area (Å²) in [7, 11) is 0. The summed E-state index contributed by atoms with van der Waals surface area (Å²) in [5.74, 6) is 2.02. The van der Waals surface area contributed by atoms with Gasteiger partial charge in [0.2, 0.25) is 0 Å². The monoisotopic (exact) mass is 460 g/mol. The highest BCUT2D eigenvalue weighted by atomic mass is 127. The van der Waals surface area contributed by atoms with Gasteiger partial charge in [0.05, 0.1) is 5.69 Å². The summed E-state index contributed by atoms with van der Waals surface area (Å²) in [6, 6.07) is 0. The number of halogens is 1. The molecule has 1 spiro atoms. The predicted octanol–water partition coefficient (Wildman–Crippen LogP) is 4.07. The number of hydrogen-bond donors (Lipinski definition) is 1. The lowest BCUT2D eigenvalue weighted by atomic mass is 9.73. The van der Waals surface area contributed by atoms with E-state index in [9.17, 15) is 0 Å². The van der Waals surface area contributed by atoms with Crippen LogP contribution in [0.4, 0.5) is 0 Å². The number of likely N-dealkylation sites (tertiary alicyclic amines) is 1. The molecule has 6 heteroatoms. The topological polar surface area (TPSA) is 53.7 Å². The number of nitrogens with zero attached hydrogens (tertiary/aromatic N) is 3. The number of rotatable bonds is 4. The molecular weight excluding hydrogens is 427 g/mol. The van der Waals surface area contributed by atoms with Crippen LogP contribution in [0.3, 0.4) is 0 Å². The van der Waals surface area contributed by atoms with E-state index in [-0.39, 0.29) is 24.0 Å². The van der Waals surface area contributed by atoms with E-state index < -0.39 is 0 Å². The summed E-state index contributed by atoms with van der Waals surface area (Å²) in [6.45, 7) is 10.2. The van der Waals surface area contributed by atoms with Crippen LogP contribution in [0.1, 0.15) is 62.5 Å². The highest BCUT2D eigenvalue weighted by Gasteiger charge is 2.39. The first-order valence-electron chi connectivity index (χ1n) is 9.58. The Morgan fingerprint density at radius 3 is 2.64 bits per heavy atom. The molecule has 2 heterocycles. The maximum absolute atomic E-state index is 5.25. The van der Waals surface area contributed by atoms with Crippen LogP contribution < -0.4 is 5.32 Å². The molecule has 25 heavy (non-hydrogen) atoms. The largest absolute Gasteiger partial charge is 0.361 e. The molecule has 0 unspecified atom stereocenters. The minimum atomic E-state index is 0. The summed E-state index contributed by atoms with van der Waals surface area (Å²) in [4.78, 5) is 7.38. The molecular formula is C19H33IN4O. The molecule has 0 radical (unpaired) electrons. The molecule has 2 aliphatic rings. The van der Waals surface area contributed by atoms with Crippen molar-refractivity contribution in [3.8, 4) is 0 Å². The molecule has 1 aliphatic heterocycles. The molecule has 0 atom stereocenters. The van der Waals surface area contributed by atoms with E-state index in [2.05, 4.69) is 22.3 Å². The summed E-state index contributed by atoms with van der Waals surface area (Å²) >= 11 is 0. The lowest BCUT2D eigenvalue weighted by Crippen LogP contribution is -2.41. The van der Waals surface area contributed by atoms with E-state index >= 15 is 0 Å². The SMILES string of the molecule is CCNC(=NCCc1c(C)noc1C)N1CCC2(CCCCC2)C1.I. The second-order valence-electron chi connectivity index (χ2n) is 7.52. The van der Waals surface area contributed by atoms with Crippen molar-refractivity contribution in [2.75, 3.05) is 26.2 Å². The van der Waals surface area contributed by atoms with Crippen molar-refractivity contribution in [1.82, 2.24) is 15.4 Å². The zero-order valence-corrected chi connectivity index (χ0v) is 18.3. The summed E-state index contributed by atoms with van der Waals surface area (Å²) in [5.41, 5.74) is 2.77. The first kappa shape index (κ1) is 20.5. The van der Waals surface area contributed by atoms with Gasteiger partial charge in [0.25, 0.3) is 0 Å². The van der Waals surface area contributed by atoms with Crippen molar-refractivity contribution in [1.29, 1.82) is 0 Å². The van der Waals surface area contributed by atoms with E-state index in [1.165, 1.54) is 50.6 Å². The maximum atomic E-state index is 5.25. The smallest absolute Gasteiger partial charge is 0.193 e. The Labute approximate surface area is 169 Å². The van der Waals surface area contributed by atoms with Crippen molar-refractivity contribution in [2.45, 2.75) is 65.7 Å². The first-order valence-corrected chi connectivity index (χ1v) is 9.58. The Bertz CT molecular complexity index is 558. The molecule has 1 saturated carbocycles. The number of aromatic nitrogens is 1. The van der Waals surface area contributed by atoms with E-state index in [0.717, 1.165) is 43.5 Å². The van der Waals surface area contributed by atoms with E-state index in [1.54, 1.807) is 0 Å². The van der Waals surface area contributed by atoms with Crippen LogP contribution in [-0.4, -0.2) is 42.2 Å². The van der Waals surface area contributed by atoms with Crippen LogP contribution in [-0.2, 0) is 6.42 Å². The molecule has 142 valence electrons. The van der Waals surface area contributed by atoms with Crippen molar-refractivity contribution in [2.24, 2.45) is 10.4 Å². The number of guanidine groups is 1. The molecule has 5 nitrogen and oxygen atoms in total. The van der Waals surface area contributed by atoms with Gasteiger partial charge >= 0.3 is 0 Å². The van der Waals surface area contributed by atoms with Gasteiger partial charge < -0.3 is 14.7 Å². The van der Waals surface area contributed by atoms with Gasteiger partial charge in [0.15, 0.2) is 5.96 Å². The molecule has 1 aromatic heterocycles. The Kier molecular flexibility index (Phi) is 7.58. The molecule has 2 fully saturated rings. The van der Waals surface area contributed by atoms with Gasteiger partial charge in [-0.1, -0.05) is 24.4 Å². The van der Waals surface area contributed by atoms with Gasteiger partial charge in [-0.3, -0.25) is 4.99 Å². The molecule has 1 aliphatic carbocycles. The van der Waals surface area contributed by atoms with Gasteiger partial charge in [0.1, 0.15) is 5.76 Å². The second-order valence-corrected chi connectivity index (χ2v) is 7.52. The van der Waals surface area contributed by atoms with E-state index in [1.807, 2.05) is 13.8 Å². The van der Waals surface area contributed by atoms with Crippen molar-refractivity contribution in [3.63, 3.8) is 0 Å². The van der Waals surface area contributed by atoms with Crippen LogP contribution in [0.15, 0.2) is 9.52 Å². The first-order chi connectivity index (χ1) is 11.6. The summed E-state index contributed by atoms with van der Waals surface area (Å²) in [5, 5.41) is 7.53. The van der Waals surface area contributed by atoms with Crippen LogP contribution in [0.25, 0.3) is 0 Å². The highest BCUT2D eigenvalue weighted by Crippen LogP contribution is 2.43. The fourth-order valence-corrected chi connectivity index (χ4v) is 4.38. The molecule has 0 amide bonds. The lowest BCUT2D eigenvalue weighted by Gasteiger charge is -2.33. The Balaban J connectivity index is 0.00000225. The molecule has 1 N–H and O–H groups in total. The van der Waals surface area contributed by atoms with Crippen LogP contribution in [0, 0.1) is 19.3 Å². The second kappa shape index (κ2) is 9.24. The lowest BCUT2D eigenvalue weighted by molar-refractivity contribution is 0.203. The standard InChI is InChI=1S/C19H32N4O.HI/c1-4-20-18(21-12-8-17-15(2)22-24-16(17)3)23-13-11-19(14-23)9-6-5-7-10-19;/h4-14H2,1-3H3,(H,20,21);1H. The van der Waals surface area contributed by atoms with Crippen LogP contribution >= 0.6 is 24.0 Å². The van der Waals surface area contributed by atoms with Gasteiger partial charge in [-0.05, 0) is 51.9 Å². The Morgan fingerprint density at radius 2 is 2.00 bits per heavy atom. The predicted molar refractivity (Wildman–Crippen MR) is 113 cm³/mol. The van der Waals surface area contributed by atoms with Crippen molar-refractivity contribution < 1.29 is 4.52 Å². The Hall–Kier alpha value is -0.790. The third-order valence-electron chi connectivity index (χ3n) is 5.79. The average Bonchev–Trinajstić information content (AvgIpc) is 3.13. The third kappa shape index (κ3) is 4.89. The molecule has 3 rings (SSSR count). The van der Waals surface area contributed by atoms with Gasteiger partial charge in [0, 0.05) is 31.7 Å². The van der Waals surface area contributed by atoms with Crippen molar-refractivity contribution >= 4 is 29.9 Å². The Morgan fingerprint density at radius 1 is 1.24 bits per heavy atom. The minimum absolute atomic E-state index is 0. The number of aryl methyl sites for hydroxylation is 2. The average molecular weight is 460 g/mol. The minimum Gasteiger partial charge on any atom is -0.361 e. The fourth-order valence-electron chi connectivity index (χ4n) is 4.38. The van der Waals surface area contributed by atoms with Gasteiger partial charge in [-0.2, -0.15) is 0 Å². The van der Waals surface area contributed by atoms with E-state index in [4.69, 9.17) is 9.52 Å². The number of aliphatic imine (C=N–C) groups is 1. The quantitative estimate of drug-likeness (QED) is 0.418. The maximum Gasteiger partial charge on any atom is 0.193 e. The fraction of sp³-hybridized carbons (Fsp3) is 0.789.